The minimum Gasteiger partial charge on any atom is -0.341 e. The lowest BCUT2D eigenvalue weighted by Gasteiger charge is -2.22. The summed E-state index contributed by atoms with van der Waals surface area (Å²) in [7, 11) is 0. The lowest BCUT2D eigenvalue weighted by molar-refractivity contribution is -0.133. The van der Waals surface area contributed by atoms with E-state index in [-0.39, 0.29) is 11.8 Å². The van der Waals surface area contributed by atoms with Crippen molar-refractivity contribution in [2.45, 2.75) is 25.6 Å². The van der Waals surface area contributed by atoms with Gasteiger partial charge >= 0.3 is 0 Å². The van der Waals surface area contributed by atoms with Crippen LogP contribution in [0.4, 0.5) is 0 Å². The molecule has 7 heteroatoms. The van der Waals surface area contributed by atoms with E-state index in [1.807, 2.05) is 44.9 Å². The SMILES string of the molecule is CSCc1nc2ccccc2n1CC(=O)N1CCCN(C(C)=O)CC1. The molecule has 1 saturated heterocycles. The van der Waals surface area contributed by atoms with Crippen molar-refractivity contribution in [3.05, 3.63) is 30.1 Å². The zero-order valence-corrected chi connectivity index (χ0v) is 15.6. The molecule has 0 atom stereocenters. The molecule has 1 aromatic carbocycles. The van der Waals surface area contributed by atoms with Crippen molar-refractivity contribution >= 4 is 34.6 Å². The average molecular weight is 360 g/mol. The summed E-state index contributed by atoms with van der Waals surface area (Å²) in [5.41, 5.74) is 1.93. The fraction of sp³-hybridized carbons (Fsp3) is 0.500. The van der Waals surface area contributed by atoms with Gasteiger partial charge in [0.2, 0.25) is 11.8 Å². The molecule has 0 bridgehead atoms. The van der Waals surface area contributed by atoms with Gasteiger partial charge < -0.3 is 14.4 Å². The molecule has 0 aliphatic carbocycles. The van der Waals surface area contributed by atoms with Crippen LogP contribution in [0, 0.1) is 0 Å². The number of hydrogen-bond donors (Lipinski definition) is 0. The summed E-state index contributed by atoms with van der Waals surface area (Å²) in [6.07, 6.45) is 2.87. The number of carbonyl (C=O) groups is 2. The largest absolute Gasteiger partial charge is 0.341 e. The number of aromatic nitrogens is 2. The highest BCUT2D eigenvalue weighted by Crippen LogP contribution is 2.19. The van der Waals surface area contributed by atoms with E-state index in [4.69, 9.17) is 0 Å². The first-order valence-corrected chi connectivity index (χ1v) is 9.96. The fourth-order valence-electron chi connectivity index (χ4n) is 3.26. The molecule has 0 spiro atoms. The van der Waals surface area contributed by atoms with Crippen LogP contribution in [0.25, 0.3) is 11.0 Å². The van der Waals surface area contributed by atoms with Gasteiger partial charge in [-0.15, -0.1) is 0 Å². The maximum atomic E-state index is 12.9. The summed E-state index contributed by atoms with van der Waals surface area (Å²) in [5, 5.41) is 0. The first kappa shape index (κ1) is 17.8. The van der Waals surface area contributed by atoms with Crippen LogP contribution < -0.4 is 0 Å². The maximum Gasteiger partial charge on any atom is 0.242 e. The Morgan fingerprint density at radius 2 is 1.84 bits per heavy atom. The summed E-state index contributed by atoms with van der Waals surface area (Å²) in [4.78, 5) is 32.8. The van der Waals surface area contributed by atoms with Gasteiger partial charge in [-0.1, -0.05) is 12.1 Å². The Hall–Kier alpha value is -2.02. The molecule has 2 heterocycles. The number of rotatable bonds is 4. The number of thioether (sulfide) groups is 1. The third-order valence-corrected chi connectivity index (χ3v) is 5.14. The average Bonchev–Trinajstić information content (AvgIpc) is 2.78. The van der Waals surface area contributed by atoms with Gasteiger partial charge in [0, 0.05) is 33.1 Å². The Morgan fingerprint density at radius 3 is 2.60 bits per heavy atom. The molecule has 1 aliphatic heterocycles. The van der Waals surface area contributed by atoms with Gasteiger partial charge in [0.05, 0.1) is 16.8 Å². The van der Waals surface area contributed by atoms with Crippen molar-refractivity contribution in [1.29, 1.82) is 0 Å². The molecular formula is C18H24N4O2S. The highest BCUT2D eigenvalue weighted by Gasteiger charge is 2.22. The van der Waals surface area contributed by atoms with E-state index in [0.717, 1.165) is 35.6 Å². The smallest absolute Gasteiger partial charge is 0.242 e. The molecule has 134 valence electrons. The van der Waals surface area contributed by atoms with Crippen LogP contribution >= 0.6 is 11.8 Å². The van der Waals surface area contributed by atoms with E-state index in [2.05, 4.69) is 4.98 Å². The summed E-state index contributed by atoms with van der Waals surface area (Å²) in [6.45, 7) is 4.53. The summed E-state index contributed by atoms with van der Waals surface area (Å²) in [6, 6.07) is 7.94. The van der Waals surface area contributed by atoms with Crippen LogP contribution in [0.15, 0.2) is 24.3 Å². The molecular weight excluding hydrogens is 336 g/mol. The molecule has 25 heavy (non-hydrogen) atoms. The van der Waals surface area contributed by atoms with Crippen molar-refractivity contribution < 1.29 is 9.59 Å². The van der Waals surface area contributed by atoms with E-state index in [9.17, 15) is 9.59 Å². The van der Waals surface area contributed by atoms with Gasteiger partial charge in [0.1, 0.15) is 12.4 Å². The second kappa shape index (κ2) is 7.91. The lowest BCUT2D eigenvalue weighted by atomic mass is 10.3. The number of imidazole rings is 1. The number of para-hydroxylation sites is 2. The molecule has 1 aromatic heterocycles. The van der Waals surface area contributed by atoms with Gasteiger partial charge in [-0.2, -0.15) is 11.8 Å². The molecule has 1 aliphatic rings. The Balaban J connectivity index is 1.77. The number of nitrogens with zero attached hydrogens (tertiary/aromatic N) is 4. The Morgan fingerprint density at radius 1 is 1.12 bits per heavy atom. The number of hydrogen-bond acceptors (Lipinski definition) is 4. The molecule has 2 amide bonds. The van der Waals surface area contributed by atoms with Crippen LogP contribution in [0.3, 0.4) is 0 Å². The second-order valence-electron chi connectivity index (χ2n) is 6.28. The second-order valence-corrected chi connectivity index (χ2v) is 7.14. The highest BCUT2D eigenvalue weighted by molar-refractivity contribution is 7.97. The summed E-state index contributed by atoms with van der Waals surface area (Å²) >= 11 is 1.70. The number of carbonyl (C=O) groups excluding carboxylic acids is 2. The summed E-state index contributed by atoms with van der Waals surface area (Å²) in [5.74, 6) is 1.88. The first-order valence-electron chi connectivity index (χ1n) is 8.56. The highest BCUT2D eigenvalue weighted by atomic mass is 32.2. The standard InChI is InChI=1S/C18H24N4O2S/c1-14(23)20-8-5-9-21(11-10-20)18(24)12-22-16-7-4-3-6-15(16)19-17(22)13-25-2/h3-4,6-7H,5,8-13H2,1-2H3. The van der Waals surface area contributed by atoms with Crippen molar-refractivity contribution in [2.75, 3.05) is 32.4 Å². The molecule has 0 N–H and O–H groups in total. The van der Waals surface area contributed by atoms with Crippen molar-refractivity contribution in [3.63, 3.8) is 0 Å². The molecule has 0 radical (unpaired) electrons. The molecule has 0 saturated carbocycles. The van der Waals surface area contributed by atoms with Gasteiger partial charge in [-0.25, -0.2) is 4.98 Å². The van der Waals surface area contributed by atoms with Gasteiger partial charge in [0.15, 0.2) is 0 Å². The Kier molecular flexibility index (Phi) is 5.63. The zero-order valence-electron chi connectivity index (χ0n) is 14.8. The van der Waals surface area contributed by atoms with Gasteiger partial charge in [-0.05, 0) is 24.8 Å². The number of fused-ring (bicyclic) bond motifs is 1. The molecule has 3 rings (SSSR count). The molecule has 0 unspecified atom stereocenters. The topological polar surface area (TPSA) is 58.4 Å². The van der Waals surface area contributed by atoms with Crippen LogP contribution in [0.2, 0.25) is 0 Å². The van der Waals surface area contributed by atoms with Crippen molar-refractivity contribution in [2.24, 2.45) is 0 Å². The Labute approximate surface area is 152 Å². The van der Waals surface area contributed by atoms with Gasteiger partial charge in [0.25, 0.3) is 0 Å². The molecule has 1 fully saturated rings. The monoisotopic (exact) mass is 360 g/mol. The fourth-order valence-corrected chi connectivity index (χ4v) is 3.74. The predicted molar refractivity (Wildman–Crippen MR) is 100 cm³/mol. The van der Waals surface area contributed by atoms with Gasteiger partial charge in [-0.3, -0.25) is 9.59 Å². The van der Waals surface area contributed by atoms with E-state index in [1.165, 1.54) is 0 Å². The van der Waals surface area contributed by atoms with E-state index in [0.29, 0.717) is 26.2 Å². The van der Waals surface area contributed by atoms with Crippen LogP contribution in [0.5, 0.6) is 0 Å². The van der Waals surface area contributed by atoms with Crippen molar-refractivity contribution in [1.82, 2.24) is 19.4 Å². The van der Waals surface area contributed by atoms with Crippen LogP contribution in [0.1, 0.15) is 19.2 Å². The van der Waals surface area contributed by atoms with Crippen molar-refractivity contribution in [3.8, 4) is 0 Å². The number of amides is 2. The summed E-state index contributed by atoms with van der Waals surface area (Å²) < 4.78 is 2.03. The zero-order chi connectivity index (χ0) is 17.8. The van der Waals surface area contributed by atoms with E-state index < -0.39 is 0 Å². The Bertz CT molecular complexity index is 774. The van der Waals surface area contributed by atoms with Crippen LogP contribution in [-0.4, -0.2) is 63.6 Å². The quantitative estimate of drug-likeness (QED) is 0.837. The molecule has 6 nitrogen and oxygen atoms in total. The lowest BCUT2D eigenvalue weighted by Crippen LogP contribution is -2.38. The third-order valence-electron chi connectivity index (χ3n) is 4.59. The number of benzene rings is 1. The predicted octanol–water partition coefficient (Wildman–Crippen LogP) is 1.98. The van der Waals surface area contributed by atoms with Crippen LogP contribution in [-0.2, 0) is 21.9 Å². The first-order chi connectivity index (χ1) is 12.1. The minimum absolute atomic E-state index is 0.0807. The van der Waals surface area contributed by atoms with E-state index >= 15 is 0 Å². The normalized spacial score (nSPS) is 15.4. The molecule has 2 aromatic rings. The van der Waals surface area contributed by atoms with E-state index in [1.54, 1.807) is 18.7 Å². The maximum absolute atomic E-state index is 12.9. The third kappa shape index (κ3) is 3.98. The minimum atomic E-state index is 0.0807.